The van der Waals surface area contributed by atoms with Crippen molar-refractivity contribution in [1.29, 1.82) is 0 Å². The van der Waals surface area contributed by atoms with Gasteiger partial charge in [0, 0.05) is 52.4 Å². The molecular weight excluding hydrogens is 481 g/mol. The van der Waals surface area contributed by atoms with E-state index in [1.807, 2.05) is 24.3 Å². The molecule has 8 heteroatoms. The zero-order valence-electron chi connectivity index (χ0n) is 18.1. The number of hydrogen-bond acceptors (Lipinski definition) is 4. The summed E-state index contributed by atoms with van der Waals surface area (Å²) in [6.07, 6.45) is 0. The molecule has 0 aliphatic carbocycles. The lowest BCUT2D eigenvalue weighted by atomic mass is 10.1. The van der Waals surface area contributed by atoms with Gasteiger partial charge in [-0.15, -0.1) is 24.0 Å². The molecule has 2 rings (SSSR count). The molecule has 1 aliphatic rings. The molecule has 0 spiro atoms. The highest BCUT2D eigenvalue weighted by atomic mass is 127. The third kappa shape index (κ3) is 9.31. The highest BCUT2D eigenvalue weighted by Gasteiger charge is 2.14. The zero-order valence-corrected chi connectivity index (χ0v) is 20.4. The lowest BCUT2D eigenvalue weighted by Gasteiger charge is -2.29. The summed E-state index contributed by atoms with van der Waals surface area (Å²) in [4.78, 5) is 20.7. The Morgan fingerprint density at radius 2 is 1.86 bits per heavy atom. The molecule has 1 aromatic rings. The van der Waals surface area contributed by atoms with E-state index >= 15 is 0 Å². The van der Waals surface area contributed by atoms with Crippen LogP contribution < -0.4 is 10.6 Å². The molecule has 1 unspecified atom stereocenters. The SMILES string of the molecule is CCNC(=NCc1ccc(C(=O)N(C)C)cc1)NCC(C)CN1CCOCC1.I. The minimum atomic E-state index is 0. The topological polar surface area (TPSA) is 69.2 Å². The Bertz CT molecular complexity index is 630. The Labute approximate surface area is 192 Å². The summed E-state index contributed by atoms with van der Waals surface area (Å²) in [5, 5.41) is 6.75. The van der Waals surface area contributed by atoms with Crippen molar-refractivity contribution in [3.8, 4) is 0 Å². The second-order valence-corrected chi connectivity index (χ2v) is 7.49. The summed E-state index contributed by atoms with van der Waals surface area (Å²) in [5.41, 5.74) is 1.77. The maximum absolute atomic E-state index is 12.0. The van der Waals surface area contributed by atoms with Gasteiger partial charge < -0.3 is 20.3 Å². The molecule has 7 nitrogen and oxygen atoms in total. The molecular formula is C21H36IN5O2. The number of benzene rings is 1. The molecule has 1 aliphatic heterocycles. The zero-order chi connectivity index (χ0) is 20.4. The second kappa shape index (κ2) is 13.8. The van der Waals surface area contributed by atoms with Crippen LogP contribution in [0.3, 0.4) is 0 Å². The van der Waals surface area contributed by atoms with Gasteiger partial charge in [0.25, 0.3) is 5.91 Å². The van der Waals surface area contributed by atoms with Crippen molar-refractivity contribution in [2.45, 2.75) is 20.4 Å². The monoisotopic (exact) mass is 517 g/mol. The van der Waals surface area contributed by atoms with E-state index in [4.69, 9.17) is 4.74 Å². The number of aliphatic imine (C=N–C) groups is 1. The third-order valence-electron chi connectivity index (χ3n) is 4.66. The summed E-state index contributed by atoms with van der Waals surface area (Å²) < 4.78 is 5.41. The van der Waals surface area contributed by atoms with E-state index in [9.17, 15) is 4.79 Å². The van der Waals surface area contributed by atoms with Crippen LogP contribution in [-0.4, -0.2) is 81.7 Å². The van der Waals surface area contributed by atoms with E-state index in [0.29, 0.717) is 18.0 Å². The van der Waals surface area contributed by atoms with Crippen LogP contribution in [-0.2, 0) is 11.3 Å². The number of amides is 1. The molecule has 1 atom stereocenters. The Balaban J connectivity index is 0.00000420. The molecule has 164 valence electrons. The summed E-state index contributed by atoms with van der Waals surface area (Å²) >= 11 is 0. The Hall–Kier alpha value is -1.39. The number of carbonyl (C=O) groups is 1. The average Bonchev–Trinajstić information content (AvgIpc) is 2.70. The standard InChI is InChI=1S/C21H35N5O2.HI/c1-5-22-21(23-14-17(2)16-26-10-12-28-13-11-26)24-15-18-6-8-19(9-7-18)20(27)25(3)4;/h6-9,17H,5,10-16H2,1-4H3,(H2,22,23,24);1H. The molecule has 29 heavy (non-hydrogen) atoms. The summed E-state index contributed by atoms with van der Waals surface area (Å²) in [6.45, 7) is 11.4. The predicted octanol–water partition coefficient (Wildman–Crippen LogP) is 2.03. The first-order valence-corrected chi connectivity index (χ1v) is 10.1. The van der Waals surface area contributed by atoms with Crippen LogP contribution in [0, 0.1) is 5.92 Å². The number of rotatable bonds is 8. The van der Waals surface area contributed by atoms with Gasteiger partial charge in [-0.2, -0.15) is 0 Å². The first-order valence-electron chi connectivity index (χ1n) is 10.1. The van der Waals surface area contributed by atoms with E-state index < -0.39 is 0 Å². The molecule has 2 N–H and O–H groups in total. The van der Waals surface area contributed by atoms with Crippen molar-refractivity contribution >= 4 is 35.8 Å². The van der Waals surface area contributed by atoms with Gasteiger partial charge >= 0.3 is 0 Å². The Morgan fingerprint density at radius 1 is 1.21 bits per heavy atom. The molecule has 0 saturated carbocycles. The minimum Gasteiger partial charge on any atom is -0.379 e. The number of morpholine rings is 1. The smallest absolute Gasteiger partial charge is 0.253 e. The second-order valence-electron chi connectivity index (χ2n) is 7.49. The van der Waals surface area contributed by atoms with Crippen LogP contribution in [0.4, 0.5) is 0 Å². The number of guanidine groups is 1. The van der Waals surface area contributed by atoms with Gasteiger partial charge in [0.05, 0.1) is 19.8 Å². The van der Waals surface area contributed by atoms with Gasteiger partial charge in [0.15, 0.2) is 5.96 Å². The molecule has 1 amide bonds. The van der Waals surface area contributed by atoms with Crippen molar-refractivity contribution < 1.29 is 9.53 Å². The normalized spacial score (nSPS) is 15.9. The van der Waals surface area contributed by atoms with E-state index in [-0.39, 0.29) is 29.9 Å². The number of hydrogen-bond donors (Lipinski definition) is 2. The van der Waals surface area contributed by atoms with Gasteiger partial charge in [-0.1, -0.05) is 19.1 Å². The van der Waals surface area contributed by atoms with Crippen LogP contribution in [0.2, 0.25) is 0 Å². The van der Waals surface area contributed by atoms with Crippen molar-refractivity contribution in [2.24, 2.45) is 10.9 Å². The van der Waals surface area contributed by atoms with Gasteiger partial charge in [0.2, 0.25) is 0 Å². The number of carbonyl (C=O) groups excluding carboxylic acids is 1. The molecule has 1 fully saturated rings. The van der Waals surface area contributed by atoms with Gasteiger partial charge in [-0.3, -0.25) is 9.69 Å². The number of nitrogens with zero attached hydrogens (tertiary/aromatic N) is 3. The molecule has 0 bridgehead atoms. The molecule has 1 heterocycles. The Kier molecular flexibility index (Phi) is 12.2. The lowest BCUT2D eigenvalue weighted by molar-refractivity contribution is 0.0320. The maximum Gasteiger partial charge on any atom is 0.253 e. The van der Waals surface area contributed by atoms with Crippen LogP contribution >= 0.6 is 24.0 Å². The highest BCUT2D eigenvalue weighted by molar-refractivity contribution is 14.0. The largest absolute Gasteiger partial charge is 0.379 e. The van der Waals surface area contributed by atoms with E-state index in [0.717, 1.165) is 57.5 Å². The lowest BCUT2D eigenvalue weighted by Crippen LogP contribution is -2.44. The van der Waals surface area contributed by atoms with E-state index in [2.05, 4.69) is 34.4 Å². The fourth-order valence-electron chi connectivity index (χ4n) is 3.08. The van der Waals surface area contributed by atoms with Crippen molar-refractivity contribution in [1.82, 2.24) is 20.4 Å². The van der Waals surface area contributed by atoms with Crippen LogP contribution in [0.15, 0.2) is 29.3 Å². The van der Waals surface area contributed by atoms with Crippen LogP contribution in [0.25, 0.3) is 0 Å². The van der Waals surface area contributed by atoms with Crippen molar-refractivity contribution in [3.05, 3.63) is 35.4 Å². The van der Waals surface area contributed by atoms with Crippen molar-refractivity contribution in [3.63, 3.8) is 0 Å². The third-order valence-corrected chi connectivity index (χ3v) is 4.66. The van der Waals surface area contributed by atoms with E-state index in [1.54, 1.807) is 19.0 Å². The quantitative estimate of drug-likeness (QED) is 0.314. The fraction of sp³-hybridized carbons (Fsp3) is 0.619. The maximum atomic E-state index is 12.0. The molecule has 0 aromatic heterocycles. The van der Waals surface area contributed by atoms with E-state index in [1.165, 1.54) is 0 Å². The highest BCUT2D eigenvalue weighted by Crippen LogP contribution is 2.08. The minimum absolute atomic E-state index is 0. The summed E-state index contributed by atoms with van der Waals surface area (Å²) in [7, 11) is 3.52. The molecule has 1 saturated heterocycles. The summed E-state index contributed by atoms with van der Waals surface area (Å²) in [5.74, 6) is 1.36. The average molecular weight is 517 g/mol. The molecule has 0 radical (unpaired) electrons. The first-order chi connectivity index (χ1) is 13.5. The number of halogens is 1. The Morgan fingerprint density at radius 3 is 2.45 bits per heavy atom. The number of ether oxygens (including phenoxy) is 1. The fourth-order valence-corrected chi connectivity index (χ4v) is 3.08. The van der Waals surface area contributed by atoms with Gasteiger partial charge in [-0.25, -0.2) is 4.99 Å². The van der Waals surface area contributed by atoms with Crippen molar-refractivity contribution in [2.75, 3.05) is 60.0 Å². The first kappa shape index (κ1) is 25.6. The predicted molar refractivity (Wildman–Crippen MR) is 129 cm³/mol. The summed E-state index contributed by atoms with van der Waals surface area (Å²) in [6, 6.07) is 7.64. The van der Waals surface area contributed by atoms with Crippen LogP contribution in [0.1, 0.15) is 29.8 Å². The molecule has 1 aromatic carbocycles. The van der Waals surface area contributed by atoms with Gasteiger partial charge in [-0.05, 0) is 30.5 Å². The van der Waals surface area contributed by atoms with Gasteiger partial charge in [0.1, 0.15) is 0 Å². The number of nitrogens with one attached hydrogen (secondary N) is 2. The van der Waals surface area contributed by atoms with Crippen LogP contribution in [0.5, 0.6) is 0 Å².